The number of ether oxygens (including phenoxy) is 2. The normalized spacial score (nSPS) is 16.2. The standard InChI is InChI=1S/C22H21N3O3/c1-3-27-18-12-8-7-11-16(18)20-17(13-23)21(24)28-14(2)19(20)22(26)25-15-9-5-4-6-10-15/h4-12,20H,3,24H2,1-2H3,(H,25,26)/t20-/m0/s1. The SMILES string of the molecule is CCOc1ccccc1[C@H]1C(C#N)=C(N)OC(C)=C1C(=O)Nc1ccccc1. The van der Waals surface area contributed by atoms with Crippen LogP contribution >= 0.6 is 0 Å². The molecule has 3 rings (SSSR count). The minimum atomic E-state index is -0.690. The molecule has 6 heteroatoms. The van der Waals surface area contributed by atoms with E-state index in [4.69, 9.17) is 15.2 Å². The first-order chi connectivity index (χ1) is 13.6. The summed E-state index contributed by atoms with van der Waals surface area (Å²) in [5.74, 6) is -0.116. The van der Waals surface area contributed by atoms with Crippen LogP contribution in [0.3, 0.4) is 0 Å². The van der Waals surface area contributed by atoms with Gasteiger partial charge in [-0.3, -0.25) is 4.79 Å². The highest BCUT2D eigenvalue weighted by Gasteiger charge is 2.37. The molecule has 1 aliphatic rings. The number of carbonyl (C=O) groups is 1. The minimum absolute atomic E-state index is 0.00689. The molecule has 1 atom stereocenters. The molecule has 0 aliphatic carbocycles. The van der Waals surface area contributed by atoms with Crippen molar-refractivity contribution in [3.8, 4) is 11.8 Å². The summed E-state index contributed by atoms with van der Waals surface area (Å²) < 4.78 is 11.3. The van der Waals surface area contributed by atoms with Gasteiger partial charge in [-0.1, -0.05) is 36.4 Å². The number of hydrogen-bond acceptors (Lipinski definition) is 5. The molecule has 0 aromatic heterocycles. The average Bonchev–Trinajstić information content (AvgIpc) is 2.69. The van der Waals surface area contributed by atoms with E-state index in [0.717, 1.165) is 0 Å². The third kappa shape index (κ3) is 3.69. The quantitative estimate of drug-likeness (QED) is 0.828. The Morgan fingerprint density at radius 2 is 1.89 bits per heavy atom. The molecule has 0 fully saturated rings. The van der Waals surface area contributed by atoms with Crippen LogP contribution in [0.1, 0.15) is 25.3 Å². The number of nitriles is 1. The summed E-state index contributed by atoms with van der Waals surface area (Å²) in [6.07, 6.45) is 0. The Morgan fingerprint density at radius 3 is 2.57 bits per heavy atom. The molecule has 142 valence electrons. The first kappa shape index (κ1) is 19.1. The fourth-order valence-electron chi connectivity index (χ4n) is 3.21. The average molecular weight is 375 g/mol. The van der Waals surface area contributed by atoms with Crippen molar-refractivity contribution < 1.29 is 14.3 Å². The van der Waals surface area contributed by atoms with Gasteiger partial charge in [0.05, 0.1) is 18.1 Å². The Balaban J connectivity index is 2.10. The van der Waals surface area contributed by atoms with E-state index in [1.165, 1.54) is 0 Å². The molecule has 0 bridgehead atoms. The zero-order valence-corrected chi connectivity index (χ0v) is 15.7. The monoisotopic (exact) mass is 375 g/mol. The molecule has 28 heavy (non-hydrogen) atoms. The van der Waals surface area contributed by atoms with Gasteiger partial charge in [0, 0.05) is 11.3 Å². The van der Waals surface area contributed by atoms with Gasteiger partial charge in [0.1, 0.15) is 23.2 Å². The molecule has 0 saturated carbocycles. The molecule has 1 aliphatic heterocycles. The van der Waals surface area contributed by atoms with Crippen LogP contribution in [0.4, 0.5) is 5.69 Å². The number of rotatable bonds is 5. The maximum Gasteiger partial charge on any atom is 0.255 e. The lowest BCUT2D eigenvalue weighted by molar-refractivity contribution is -0.113. The smallest absolute Gasteiger partial charge is 0.255 e. The number of hydrogen-bond donors (Lipinski definition) is 2. The van der Waals surface area contributed by atoms with Crippen molar-refractivity contribution in [2.24, 2.45) is 5.73 Å². The number of benzene rings is 2. The van der Waals surface area contributed by atoms with Gasteiger partial charge in [0.25, 0.3) is 5.91 Å². The molecule has 0 radical (unpaired) electrons. The summed E-state index contributed by atoms with van der Waals surface area (Å²) >= 11 is 0. The second kappa shape index (κ2) is 8.31. The highest BCUT2D eigenvalue weighted by molar-refractivity contribution is 6.06. The summed E-state index contributed by atoms with van der Waals surface area (Å²) in [5.41, 5.74) is 7.80. The van der Waals surface area contributed by atoms with Crippen molar-refractivity contribution in [2.45, 2.75) is 19.8 Å². The third-order valence-corrected chi connectivity index (χ3v) is 4.41. The molecule has 2 aromatic rings. The number of nitrogens with zero attached hydrogens (tertiary/aromatic N) is 1. The summed E-state index contributed by atoms with van der Waals surface area (Å²) in [4.78, 5) is 13.1. The van der Waals surface area contributed by atoms with Crippen LogP contribution in [-0.4, -0.2) is 12.5 Å². The summed E-state index contributed by atoms with van der Waals surface area (Å²) in [7, 11) is 0. The van der Waals surface area contributed by atoms with Crippen molar-refractivity contribution >= 4 is 11.6 Å². The lowest BCUT2D eigenvalue weighted by Gasteiger charge is -2.28. The Hall–Kier alpha value is -3.72. The molecule has 3 N–H and O–H groups in total. The first-order valence-corrected chi connectivity index (χ1v) is 8.93. The van der Waals surface area contributed by atoms with Gasteiger partial charge in [0.2, 0.25) is 5.88 Å². The van der Waals surface area contributed by atoms with Crippen molar-refractivity contribution in [1.29, 1.82) is 5.26 Å². The molecule has 1 amide bonds. The molecule has 6 nitrogen and oxygen atoms in total. The van der Waals surface area contributed by atoms with Crippen LogP contribution in [0.5, 0.6) is 5.75 Å². The second-order valence-corrected chi connectivity index (χ2v) is 6.19. The van der Waals surface area contributed by atoms with Crippen molar-refractivity contribution in [3.63, 3.8) is 0 Å². The highest BCUT2D eigenvalue weighted by atomic mass is 16.5. The van der Waals surface area contributed by atoms with Gasteiger partial charge in [0.15, 0.2) is 0 Å². The van der Waals surface area contributed by atoms with E-state index in [1.807, 2.05) is 49.4 Å². The number of carbonyl (C=O) groups excluding carboxylic acids is 1. The summed E-state index contributed by atoms with van der Waals surface area (Å²) in [5, 5.41) is 12.6. The minimum Gasteiger partial charge on any atom is -0.494 e. The Labute approximate surface area is 163 Å². The number of amides is 1. The predicted octanol–water partition coefficient (Wildman–Crippen LogP) is 3.81. The summed E-state index contributed by atoms with van der Waals surface area (Å²) in [6, 6.07) is 18.5. The fourth-order valence-corrected chi connectivity index (χ4v) is 3.21. The van der Waals surface area contributed by atoms with Gasteiger partial charge in [-0.05, 0) is 32.0 Å². The largest absolute Gasteiger partial charge is 0.494 e. The number of nitrogens with two attached hydrogens (primary N) is 1. The molecular weight excluding hydrogens is 354 g/mol. The lowest BCUT2D eigenvalue weighted by Crippen LogP contribution is -2.28. The van der Waals surface area contributed by atoms with Crippen LogP contribution in [0, 0.1) is 11.3 Å². The Kier molecular flexibility index (Phi) is 5.66. The lowest BCUT2D eigenvalue weighted by atomic mass is 9.82. The van der Waals surface area contributed by atoms with Gasteiger partial charge in [-0.2, -0.15) is 5.26 Å². The van der Waals surface area contributed by atoms with Crippen LogP contribution < -0.4 is 15.8 Å². The molecular formula is C22H21N3O3. The fraction of sp³-hybridized carbons (Fsp3) is 0.182. The third-order valence-electron chi connectivity index (χ3n) is 4.41. The second-order valence-electron chi connectivity index (χ2n) is 6.19. The molecule has 1 heterocycles. The van der Waals surface area contributed by atoms with E-state index in [-0.39, 0.29) is 17.4 Å². The molecule has 0 unspecified atom stereocenters. The Morgan fingerprint density at radius 1 is 1.21 bits per heavy atom. The predicted molar refractivity (Wildman–Crippen MR) is 106 cm³/mol. The van der Waals surface area contributed by atoms with Crippen LogP contribution in [0.2, 0.25) is 0 Å². The van der Waals surface area contributed by atoms with Crippen molar-refractivity contribution in [2.75, 3.05) is 11.9 Å². The van der Waals surface area contributed by atoms with E-state index >= 15 is 0 Å². The van der Waals surface area contributed by atoms with Crippen molar-refractivity contribution in [3.05, 3.63) is 82.9 Å². The molecule has 0 spiro atoms. The molecule has 0 saturated heterocycles. The number of anilines is 1. The van der Waals surface area contributed by atoms with Crippen LogP contribution in [0.25, 0.3) is 0 Å². The van der Waals surface area contributed by atoms with E-state index < -0.39 is 5.92 Å². The van der Waals surface area contributed by atoms with Gasteiger partial charge in [-0.25, -0.2) is 0 Å². The van der Waals surface area contributed by atoms with Gasteiger partial charge in [-0.15, -0.1) is 0 Å². The summed E-state index contributed by atoms with van der Waals surface area (Å²) in [6.45, 7) is 3.99. The highest BCUT2D eigenvalue weighted by Crippen LogP contribution is 2.42. The number of para-hydroxylation sites is 2. The van der Waals surface area contributed by atoms with Gasteiger partial charge < -0.3 is 20.5 Å². The maximum absolute atomic E-state index is 13.1. The topological polar surface area (TPSA) is 97.4 Å². The van der Waals surface area contributed by atoms with E-state index in [0.29, 0.717) is 34.9 Å². The van der Waals surface area contributed by atoms with Crippen molar-refractivity contribution in [1.82, 2.24) is 0 Å². The Bertz CT molecular complexity index is 988. The number of allylic oxidation sites excluding steroid dienone is 2. The maximum atomic E-state index is 13.1. The van der Waals surface area contributed by atoms with Gasteiger partial charge >= 0.3 is 0 Å². The molecule has 2 aromatic carbocycles. The zero-order valence-electron chi connectivity index (χ0n) is 15.7. The zero-order chi connectivity index (χ0) is 20.1. The van der Waals surface area contributed by atoms with Crippen LogP contribution in [-0.2, 0) is 9.53 Å². The van der Waals surface area contributed by atoms with E-state index in [1.54, 1.807) is 19.1 Å². The first-order valence-electron chi connectivity index (χ1n) is 8.93. The van der Waals surface area contributed by atoms with E-state index in [2.05, 4.69) is 11.4 Å². The van der Waals surface area contributed by atoms with E-state index in [9.17, 15) is 10.1 Å². The van der Waals surface area contributed by atoms with Crippen LogP contribution in [0.15, 0.2) is 77.4 Å². The number of nitrogens with one attached hydrogen (secondary N) is 1.